The molecule has 3 aromatic carbocycles. The summed E-state index contributed by atoms with van der Waals surface area (Å²) in [7, 11) is 1.90. The number of likely N-dealkylation sites (N-methyl/N-ethyl adjacent to an activating group) is 1. The van der Waals surface area contributed by atoms with Crippen LogP contribution in [0.5, 0.6) is 5.75 Å². The van der Waals surface area contributed by atoms with Crippen LogP contribution in [0.15, 0.2) is 78.9 Å². The smallest absolute Gasteiger partial charge is 0.317 e. The zero-order chi connectivity index (χ0) is 21.6. The number of hydrogen-bond donors (Lipinski definition) is 1. The molecule has 0 radical (unpaired) electrons. The Kier molecular flexibility index (Phi) is 6.68. The van der Waals surface area contributed by atoms with Crippen molar-refractivity contribution >= 4 is 5.97 Å². The summed E-state index contributed by atoms with van der Waals surface area (Å²) in [6.45, 7) is 1.39. The lowest BCUT2D eigenvalue weighted by Crippen LogP contribution is -2.35. The highest BCUT2D eigenvalue weighted by Crippen LogP contribution is 2.42. The minimum Gasteiger partial charge on any atom is -0.489 e. The molecule has 4 rings (SSSR count). The molecule has 1 aliphatic rings. The number of benzene rings is 3. The number of ether oxygens (including phenoxy) is 1. The maximum atomic E-state index is 11.1. The number of fused-ring (bicyclic) bond motifs is 1. The number of nitrogens with zero attached hydrogens (tertiary/aromatic N) is 1. The molecule has 0 spiro atoms. The Morgan fingerprint density at radius 3 is 2.45 bits per heavy atom. The standard InChI is InChI=1S/C27H29NO3/c1-28(18-26(29)30)17-23-13-12-22-16-24(31-19-20-8-4-2-5-9-20)14-15-25(22)27(23)21-10-6-3-7-11-21/h2-11,14-16,23,27H,12-13,17-19H2,1H3,(H,29,30). The van der Waals surface area contributed by atoms with Gasteiger partial charge in [-0.1, -0.05) is 66.7 Å². The summed E-state index contributed by atoms with van der Waals surface area (Å²) in [5.74, 6) is 0.741. The fourth-order valence-corrected chi connectivity index (χ4v) is 4.70. The van der Waals surface area contributed by atoms with E-state index in [1.807, 2.05) is 36.2 Å². The van der Waals surface area contributed by atoms with Crippen molar-refractivity contribution in [3.63, 3.8) is 0 Å². The van der Waals surface area contributed by atoms with E-state index in [1.54, 1.807) is 0 Å². The molecule has 2 atom stereocenters. The van der Waals surface area contributed by atoms with Crippen LogP contribution in [0, 0.1) is 5.92 Å². The predicted molar refractivity (Wildman–Crippen MR) is 122 cm³/mol. The van der Waals surface area contributed by atoms with Crippen LogP contribution in [0.3, 0.4) is 0 Å². The molecule has 0 saturated heterocycles. The van der Waals surface area contributed by atoms with Gasteiger partial charge < -0.3 is 9.84 Å². The third-order valence-electron chi connectivity index (χ3n) is 6.06. The number of carboxylic acids is 1. The first-order chi connectivity index (χ1) is 15.1. The minimum atomic E-state index is -0.782. The van der Waals surface area contributed by atoms with Gasteiger partial charge in [-0.15, -0.1) is 0 Å². The van der Waals surface area contributed by atoms with Crippen molar-refractivity contribution in [1.29, 1.82) is 0 Å². The van der Waals surface area contributed by atoms with Crippen molar-refractivity contribution in [3.05, 3.63) is 101 Å². The van der Waals surface area contributed by atoms with Gasteiger partial charge in [0, 0.05) is 12.5 Å². The molecular weight excluding hydrogens is 386 g/mol. The maximum Gasteiger partial charge on any atom is 0.317 e. The molecule has 0 aliphatic heterocycles. The fraction of sp³-hybridized carbons (Fsp3) is 0.296. The molecule has 3 aromatic rings. The molecule has 4 nitrogen and oxygen atoms in total. The molecule has 0 heterocycles. The number of rotatable bonds is 8. The molecule has 4 heteroatoms. The van der Waals surface area contributed by atoms with Gasteiger partial charge in [-0.05, 0) is 60.2 Å². The summed E-state index contributed by atoms with van der Waals surface area (Å²) in [4.78, 5) is 13.1. The zero-order valence-corrected chi connectivity index (χ0v) is 17.9. The molecule has 1 N–H and O–H groups in total. The lowest BCUT2D eigenvalue weighted by atomic mass is 9.71. The summed E-state index contributed by atoms with van der Waals surface area (Å²) in [5.41, 5.74) is 5.11. The van der Waals surface area contributed by atoms with Gasteiger partial charge >= 0.3 is 5.97 Å². The predicted octanol–water partition coefficient (Wildman–Crippen LogP) is 4.98. The maximum absolute atomic E-state index is 11.1. The lowest BCUT2D eigenvalue weighted by Gasteiger charge is -2.36. The van der Waals surface area contributed by atoms with Crippen LogP contribution in [-0.4, -0.2) is 36.1 Å². The Hall–Kier alpha value is -3.11. The van der Waals surface area contributed by atoms with Crippen LogP contribution in [0.2, 0.25) is 0 Å². The van der Waals surface area contributed by atoms with Gasteiger partial charge in [-0.3, -0.25) is 9.69 Å². The van der Waals surface area contributed by atoms with E-state index in [2.05, 4.69) is 54.6 Å². The van der Waals surface area contributed by atoms with Crippen LogP contribution < -0.4 is 4.74 Å². The Morgan fingerprint density at radius 2 is 1.74 bits per heavy atom. The molecule has 0 saturated carbocycles. The quantitative estimate of drug-likeness (QED) is 0.564. The first-order valence-electron chi connectivity index (χ1n) is 10.8. The summed E-state index contributed by atoms with van der Waals surface area (Å²) in [6, 6.07) is 27.2. The van der Waals surface area contributed by atoms with Crippen LogP contribution in [0.1, 0.15) is 34.6 Å². The van der Waals surface area contributed by atoms with E-state index in [0.717, 1.165) is 30.7 Å². The van der Waals surface area contributed by atoms with Gasteiger partial charge in [-0.25, -0.2) is 0 Å². The van der Waals surface area contributed by atoms with E-state index in [1.165, 1.54) is 16.7 Å². The van der Waals surface area contributed by atoms with E-state index >= 15 is 0 Å². The first kappa shape index (κ1) is 21.1. The van der Waals surface area contributed by atoms with Crippen molar-refractivity contribution in [1.82, 2.24) is 4.90 Å². The van der Waals surface area contributed by atoms with E-state index in [0.29, 0.717) is 12.5 Å². The highest BCUT2D eigenvalue weighted by Gasteiger charge is 2.32. The summed E-state index contributed by atoms with van der Waals surface area (Å²) in [6.07, 6.45) is 2.01. The highest BCUT2D eigenvalue weighted by molar-refractivity contribution is 5.69. The molecule has 0 bridgehead atoms. The van der Waals surface area contributed by atoms with E-state index in [-0.39, 0.29) is 12.5 Å². The molecule has 1 aliphatic carbocycles. The summed E-state index contributed by atoms with van der Waals surface area (Å²) >= 11 is 0. The number of aryl methyl sites for hydroxylation is 1. The van der Waals surface area contributed by atoms with Gasteiger partial charge in [0.15, 0.2) is 0 Å². The Balaban J connectivity index is 1.57. The average Bonchev–Trinajstić information content (AvgIpc) is 2.78. The van der Waals surface area contributed by atoms with Gasteiger partial charge in [0.1, 0.15) is 12.4 Å². The molecule has 0 fully saturated rings. The van der Waals surface area contributed by atoms with Crippen LogP contribution >= 0.6 is 0 Å². The minimum absolute atomic E-state index is 0.0666. The zero-order valence-electron chi connectivity index (χ0n) is 17.9. The Bertz CT molecular complexity index is 1000. The number of carboxylic acid groups (broad SMARTS) is 1. The van der Waals surface area contributed by atoms with Gasteiger partial charge in [-0.2, -0.15) is 0 Å². The van der Waals surface area contributed by atoms with Crippen molar-refractivity contribution in [3.8, 4) is 5.75 Å². The van der Waals surface area contributed by atoms with Crippen molar-refractivity contribution in [2.75, 3.05) is 20.1 Å². The monoisotopic (exact) mass is 415 g/mol. The van der Waals surface area contributed by atoms with Crippen LogP contribution in [-0.2, 0) is 17.8 Å². The van der Waals surface area contributed by atoms with Gasteiger partial charge in [0.2, 0.25) is 0 Å². The van der Waals surface area contributed by atoms with Gasteiger partial charge in [0.05, 0.1) is 6.54 Å². The van der Waals surface area contributed by atoms with Crippen LogP contribution in [0.25, 0.3) is 0 Å². The molecule has 31 heavy (non-hydrogen) atoms. The topological polar surface area (TPSA) is 49.8 Å². The normalized spacial score (nSPS) is 17.9. The van der Waals surface area contributed by atoms with E-state index in [9.17, 15) is 4.79 Å². The molecule has 0 aromatic heterocycles. The third-order valence-corrected chi connectivity index (χ3v) is 6.06. The SMILES string of the molecule is CN(CC(=O)O)CC1CCc2cc(OCc3ccccc3)ccc2C1c1ccccc1. The first-order valence-corrected chi connectivity index (χ1v) is 10.8. The van der Waals surface area contributed by atoms with E-state index in [4.69, 9.17) is 9.84 Å². The molecule has 0 amide bonds. The van der Waals surface area contributed by atoms with E-state index < -0.39 is 5.97 Å². The van der Waals surface area contributed by atoms with Crippen molar-refractivity contribution in [2.24, 2.45) is 5.92 Å². The summed E-state index contributed by atoms with van der Waals surface area (Å²) in [5, 5.41) is 9.16. The Morgan fingerprint density at radius 1 is 1.03 bits per heavy atom. The fourth-order valence-electron chi connectivity index (χ4n) is 4.70. The van der Waals surface area contributed by atoms with Crippen molar-refractivity contribution < 1.29 is 14.6 Å². The third kappa shape index (κ3) is 5.33. The second-order valence-electron chi connectivity index (χ2n) is 8.41. The highest BCUT2D eigenvalue weighted by atomic mass is 16.5. The molecule has 160 valence electrons. The molecular formula is C27H29NO3. The second-order valence-corrected chi connectivity index (χ2v) is 8.41. The number of aliphatic carboxylic acids is 1. The Labute approximate surface area is 184 Å². The second kappa shape index (κ2) is 9.80. The van der Waals surface area contributed by atoms with Gasteiger partial charge in [0.25, 0.3) is 0 Å². The van der Waals surface area contributed by atoms with Crippen LogP contribution in [0.4, 0.5) is 0 Å². The summed E-state index contributed by atoms with van der Waals surface area (Å²) < 4.78 is 6.06. The lowest BCUT2D eigenvalue weighted by molar-refractivity contribution is -0.138. The average molecular weight is 416 g/mol. The largest absolute Gasteiger partial charge is 0.489 e. The molecule has 2 unspecified atom stereocenters. The number of carbonyl (C=O) groups is 1. The van der Waals surface area contributed by atoms with Crippen molar-refractivity contribution in [2.45, 2.75) is 25.4 Å². The number of hydrogen-bond acceptors (Lipinski definition) is 3.